The lowest BCUT2D eigenvalue weighted by Gasteiger charge is -2.21. The molecule has 0 amide bonds. The molecule has 21 heavy (non-hydrogen) atoms. The minimum absolute atomic E-state index is 0.185. The van der Waals surface area contributed by atoms with Gasteiger partial charge in [-0.05, 0) is 48.9 Å². The quantitative estimate of drug-likeness (QED) is 0.859. The smallest absolute Gasteiger partial charge is 0.123 e. The zero-order valence-corrected chi connectivity index (χ0v) is 12.9. The van der Waals surface area contributed by atoms with Crippen LogP contribution in [0.4, 0.5) is 10.1 Å². The van der Waals surface area contributed by atoms with Gasteiger partial charge < -0.3 is 10.2 Å². The van der Waals surface area contributed by atoms with E-state index >= 15 is 0 Å². The second kappa shape index (κ2) is 7.23. The van der Waals surface area contributed by atoms with Gasteiger partial charge in [0.2, 0.25) is 0 Å². The Balaban J connectivity index is 2.04. The summed E-state index contributed by atoms with van der Waals surface area (Å²) in [5, 5.41) is 3.40. The Hall–Kier alpha value is -1.87. The number of halogens is 1. The first-order valence-corrected chi connectivity index (χ1v) is 7.39. The topological polar surface area (TPSA) is 15.3 Å². The van der Waals surface area contributed by atoms with Crippen LogP contribution in [0.1, 0.15) is 31.0 Å². The SMILES string of the molecule is CCNC(C)c1ccc(N(C)Cc2cccc(F)c2)cc1. The summed E-state index contributed by atoms with van der Waals surface area (Å²) < 4.78 is 13.2. The third-order valence-electron chi connectivity index (χ3n) is 3.65. The third-order valence-corrected chi connectivity index (χ3v) is 3.65. The van der Waals surface area contributed by atoms with Gasteiger partial charge in [0.25, 0.3) is 0 Å². The maximum Gasteiger partial charge on any atom is 0.123 e. The van der Waals surface area contributed by atoms with Gasteiger partial charge in [-0.25, -0.2) is 4.39 Å². The molecule has 0 aliphatic carbocycles. The van der Waals surface area contributed by atoms with Crippen molar-refractivity contribution in [3.05, 3.63) is 65.5 Å². The lowest BCUT2D eigenvalue weighted by molar-refractivity contribution is 0.598. The maximum absolute atomic E-state index is 13.2. The highest BCUT2D eigenvalue weighted by molar-refractivity contribution is 5.47. The Morgan fingerprint density at radius 1 is 1.14 bits per heavy atom. The molecular weight excluding hydrogens is 263 g/mol. The van der Waals surface area contributed by atoms with E-state index in [1.807, 2.05) is 13.1 Å². The first kappa shape index (κ1) is 15.5. The third kappa shape index (κ3) is 4.30. The van der Waals surface area contributed by atoms with Gasteiger partial charge in [-0.2, -0.15) is 0 Å². The van der Waals surface area contributed by atoms with Crippen LogP contribution in [0.15, 0.2) is 48.5 Å². The van der Waals surface area contributed by atoms with E-state index in [-0.39, 0.29) is 5.82 Å². The van der Waals surface area contributed by atoms with Crippen LogP contribution in [0.5, 0.6) is 0 Å². The summed E-state index contributed by atoms with van der Waals surface area (Å²) in [6.07, 6.45) is 0. The first-order valence-electron chi connectivity index (χ1n) is 7.39. The van der Waals surface area contributed by atoms with Gasteiger partial charge in [0.1, 0.15) is 5.82 Å². The molecule has 0 heterocycles. The van der Waals surface area contributed by atoms with Crippen molar-refractivity contribution in [2.24, 2.45) is 0 Å². The Labute approximate surface area is 126 Å². The van der Waals surface area contributed by atoms with E-state index in [1.54, 1.807) is 12.1 Å². The first-order chi connectivity index (χ1) is 10.1. The Morgan fingerprint density at radius 3 is 2.48 bits per heavy atom. The molecule has 0 saturated carbocycles. The molecule has 2 nitrogen and oxygen atoms in total. The van der Waals surface area contributed by atoms with Gasteiger partial charge in [0.15, 0.2) is 0 Å². The van der Waals surface area contributed by atoms with E-state index in [2.05, 4.69) is 48.3 Å². The number of benzene rings is 2. The predicted molar refractivity (Wildman–Crippen MR) is 87.0 cm³/mol. The van der Waals surface area contributed by atoms with Gasteiger partial charge in [-0.3, -0.25) is 0 Å². The van der Waals surface area contributed by atoms with Crippen molar-refractivity contribution in [1.29, 1.82) is 0 Å². The van der Waals surface area contributed by atoms with Crippen molar-refractivity contribution >= 4 is 5.69 Å². The highest BCUT2D eigenvalue weighted by atomic mass is 19.1. The fraction of sp³-hybridized carbons (Fsp3) is 0.333. The Bertz CT molecular complexity index is 566. The number of anilines is 1. The van der Waals surface area contributed by atoms with E-state index in [4.69, 9.17) is 0 Å². The molecule has 0 aromatic heterocycles. The van der Waals surface area contributed by atoms with Crippen LogP contribution in [0.2, 0.25) is 0 Å². The van der Waals surface area contributed by atoms with Crippen molar-refractivity contribution in [2.45, 2.75) is 26.4 Å². The highest BCUT2D eigenvalue weighted by Crippen LogP contribution is 2.20. The summed E-state index contributed by atoms with van der Waals surface area (Å²) in [6, 6.07) is 15.6. The fourth-order valence-corrected chi connectivity index (χ4v) is 2.44. The van der Waals surface area contributed by atoms with Crippen molar-refractivity contribution in [3.8, 4) is 0 Å². The van der Waals surface area contributed by atoms with Crippen LogP contribution in [0.3, 0.4) is 0 Å². The van der Waals surface area contributed by atoms with Crippen molar-refractivity contribution in [2.75, 3.05) is 18.5 Å². The molecule has 1 atom stereocenters. The highest BCUT2D eigenvalue weighted by Gasteiger charge is 2.06. The van der Waals surface area contributed by atoms with E-state index in [0.29, 0.717) is 12.6 Å². The molecular formula is C18H23FN2. The Kier molecular flexibility index (Phi) is 5.34. The van der Waals surface area contributed by atoms with E-state index in [9.17, 15) is 4.39 Å². The molecule has 112 valence electrons. The number of hydrogen-bond donors (Lipinski definition) is 1. The van der Waals surface area contributed by atoms with Gasteiger partial charge in [0.05, 0.1) is 0 Å². The molecule has 2 rings (SSSR count). The van der Waals surface area contributed by atoms with Gasteiger partial charge >= 0.3 is 0 Å². The minimum atomic E-state index is -0.185. The van der Waals surface area contributed by atoms with Crippen LogP contribution in [0.25, 0.3) is 0 Å². The zero-order chi connectivity index (χ0) is 15.2. The molecule has 0 bridgehead atoms. The van der Waals surface area contributed by atoms with Crippen LogP contribution < -0.4 is 10.2 Å². The van der Waals surface area contributed by atoms with Gasteiger partial charge in [-0.15, -0.1) is 0 Å². The van der Waals surface area contributed by atoms with Gasteiger partial charge in [0, 0.05) is 25.3 Å². The normalized spacial score (nSPS) is 12.2. The average molecular weight is 286 g/mol. The number of nitrogens with one attached hydrogen (secondary N) is 1. The molecule has 0 aliphatic rings. The molecule has 1 unspecified atom stereocenters. The van der Waals surface area contributed by atoms with Crippen molar-refractivity contribution in [3.63, 3.8) is 0 Å². The van der Waals surface area contributed by atoms with Crippen LogP contribution in [-0.2, 0) is 6.54 Å². The summed E-state index contributed by atoms with van der Waals surface area (Å²) in [7, 11) is 2.02. The second-order valence-electron chi connectivity index (χ2n) is 5.36. The molecule has 3 heteroatoms. The van der Waals surface area contributed by atoms with E-state index in [1.165, 1.54) is 11.6 Å². The van der Waals surface area contributed by atoms with Crippen LogP contribution in [0, 0.1) is 5.82 Å². The maximum atomic E-state index is 13.2. The van der Waals surface area contributed by atoms with E-state index in [0.717, 1.165) is 17.8 Å². The van der Waals surface area contributed by atoms with Crippen LogP contribution in [-0.4, -0.2) is 13.6 Å². The minimum Gasteiger partial charge on any atom is -0.370 e. The van der Waals surface area contributed by atoms with Gasteiger partial charge in [-0.1, -0.05) is 31.2 Å². The molecule has 0 aliphatic heterocycles. The zero-order valence-electron chi connectivity index (χ0n) is 12.9. The summed E-state index contributed by atoms with van der Waals surface area (Å²) in [5.74, 6) is -0.185. The molecule has 2 aromatic rings. The van der Waals surface area contributed by atoms with Crippen LogP contribution >= 0.6 is 0 Å². The molecule has 0 fully saturated rings. The van der Waals surface area contributed by atoms with Crippen molar-refractivity contribution in [1.82, 2.24) is 5.32 Å². The Morgan fingerprint density at radius 2 is 1.86 bits per heavy atom. The summed E-state index contributed by atoms with van der Waals surface area (Å²) in [4.78, 5) is 2.12. The second-order valence-corrected chi connectivity index (χ2v) is 5.36. The molecule has 0 spiro atoms. The summed E-state index contributed by atoms with van der Waals surface area (Å²) in [6.45, 7) is 5.93. The molecule has 1 N–H and O–H groups in total. The lowest BCUT2D eigenvalue weighted by Crippen LogP contribution is -2.18. The largest absolute Gasteiger partial charge is 0.370 e. The summed E-state index contributed by atoms with van der Waals surface area (Å²) >= 11 is 0. The standard InChI is InChI=1S/C18H23FN2/c1-4-20-14(2)16-8-10-18(11-9-16)21(3)13-15-6-5-7-17(19)12-15/h5-12,14,20H,4,13H2,1-3H3. The van der Waals surface area contributed by atoms with Crippen molar-refractivity contribution < 1.29 is 4.39 Å². The predicted octanol–water partition coefficient (Wildman–Crippen LogP) is 4.13. The number of hydrogen-bond acceptors (Lipinski definition) is 2. The fourth-order valence-electron chi connectivity index (χ4n) is 2.44. The number of rotatable bonds is 6. The number of nitrogens with zero attached hydrogens (tertiary/aromatic N) is 1. The molecule has 0 saturated heterocycles. The summed E-state index contributed by atoms with van der Waals surface area (Å²) in [5.41, 5.74) is 3.38. The lowest BCUT2D eigenvalue weighted by atomic mass is 10.1. The average Bonchev–Trinajstić information content (AvgIpc) is 2.47. The monoisotopic (exact) mass is 286 g/mol. The molecule has 2 aromatic carbocycles. The van der Waals surface area contributed by atoms with E-state index < -0.39 is 0 Å². The molecule has 0 radical (unpaired) electrons.